The van der Waals surface area contributed by atoms with Gasteiger partial charge in [0.25, 0.3) is 17.4 Å². The lowest BCUT2D eigenvalue weighted by Gasteiger charge is -2.34. The number of nitrogens with zero attached hydrogens (tertiary/aromatic N) is 4. The van der Waals surface area contributed by atoms with Gasteiger partial charge in [-0.2, -0.15) is 5.26 Å². The van der Waals surface area contributed by atoms with E-state index in [1.165, 1.54) is 16.3 Å². The second-order valence-corrected chi connectivity index (χ2v) is 10.5. The van der Waals surface area contributed by atoms with E-state index in [9.17, 15) is 19.6 Å². The van der Waals surface area contributed by atoms with Gasteiger partial charge >= 0.3 is 0 Å². The molecule has 10 nitrogen and oxygen atoms in total. The fourth-order valence-electron chi connectivity index (χ4n) is 4.47. The molecule has 0 aliphatic carbocycles. The number of hydrogen-bond acceptors (Lipinski definition) is 8. The molecule has 1 aliphatic heterocycles. The highest BCUT2D eigenvalue weighted by Crippen LogP contribution is 2.18. The zero-order valence-electron chi connectivity index (χ0n) is 23.3. The molecule has 1 aromatic heterocycles. The van der Waals surface area contributed by atoms with E-state index >= 15 is 0 Å². The standard InChI is InChI=1S/C31H32N6O4S/c1-3-13-33-29(39)26(19-32)31-37(4-2)30(40)27(42-31)20-34-24-11-8-12-25(18-24)41-22-28(38)36-16-14-35(15-17-36)21-23-9-6-5-7-10-23/h1,5-12,18,20,34H,4,13-17,21-22H2,2H3,(H,33,39)/b27-20+,31-26-. The molecular formula is C31H32N6O4S. The second-order valence-electron chi connectivity index (χ2n) is 9.44. The van der Waals surface area contributed by atoms with Crippen molar-refractivity contribution in [1.82, 2.24) is 19.7 Å². The number of rotatable bonds is 10. The first-order valence-electron chi connectivity index (χ1n) is 13.5. The molecule has 1 aliphatic rings. The average molecular weight is 585 g/mol. The lowest BCUT2D eigenvalue weighted by Crippen LogP contribution is -2.49. The summed E-state index contributed by atoms with van der Waals surface area (Å²) in [4.78, 5) is 42.3. The molecule has 4 rings (SSSR count). The summed E-state index contributed by atoms with van der Waals surface area (Å²) in [5, 5.41) is 15.1. The van der Waals surface area contributed by atoms with E-state index in [1.807, 2.05) is 29.2 Å². The van der Waals surface area contributed by atoms with E-state index in [2.05, 4.69) is 33.6 Å². The number of nitriles is 1. The van der Waals surface area contributed by atoms with Gasteiger partial charge < -0.3 is 20.3 Å². The van der Waals surface area contributed by atoms with Gasteiger partial charge in [-0.15, -0.1) is 17.8 Å². The highest BCUT2D eigenvalue weighted by molar-refractivity contribution is 7.07. The molecule has 0 radical (unpaired) electrons. The van der Waals surface area contributed by atoms with Crippen LogP contribution in [0.3, 0.4) is 0 Å². The Balaban J connectivity index is 1.37. The van der Waals surface area contributed by atoms with Gasteiger partial charge in [0.05, 0.1) is 6.54 Å². The largest absolute Gasteiger partial charge is 0.484 e. The first kappa shape index (κ1) is 30.1. The van der Waals surface area contributed by atoms with Crippen LogP contribution in [0.25, 0.3) is 11.8 Å². The molecule has 0 unspecified atom stereocenters. The second kappa shape index (κ2) is 14.7. The van der Waals surface area contributed by atoms with E-state index in [-0.39, 0.29) is 41.4 Å². The maximum Gasteiger partial charge on any atom is 0.270 e. The third kappa shape index (κ3) is 7.67. The first-order valence-corrected chi connectivity index (χ1v) is 14.3. The third-order valence-electron chi connectivity index (χ3n) is 6.67. The predicted molar refractivity (Wildman–Crippen MR) is 163 cm³/mol. The van der Waals surface area contributed by atoms with Gasteiger partial charge in [-0.1, -0.05) is 42.3 Å². The number of carbonyl (C=O) groups is 2. The summed E-state index contributed by atoms with van der Waals surface area (Å²) in [6.07, 6.45) is 6.71. The summed E-state index contributed by atoms with van der Waals surface area (Å²) in [5.41, 5.74) is 1.40. The number of carbonyl (C=O) groups excluding carboxylic acids is 2. The number of benzene rings is 2. The number of anilines is 1. The number of hydrogen-bond donors (Lipinski definition) is 2. The lowest BCUT2D eigenvalue weighted by atomic mass is 10.2. The average Bonchev–Trinajstić information content (AvgIpc) is 3.33. The van der Waals surface area contributed by atoms with Crippen molar-refractivity contribution in [3.05, 3.63) is 79.7 Å². The molecule has 2 amide bonds. The van der Waals surface area contributed by atoms with Crippen LogP contribution in [-0.4, -0.2) is 65.5 Å². The topological polar surface area (TPSA) is 120 Å². The molecule has 0 saturated carbocycles. The van der Waals surface area contributed by atoms with E-state index in [4.69, 9.17) is 11.2 Å². The van der Waals surface area contributed by atoms with Gasteiger partial charge in [0.2, 0.25) is 0 Å². The van der Waals surface area contributed by atoms with Crippen molar-refractivity contribution in [1.29, 1.82) is 5.26 Å². The molecule has 11 heteroatoms. The van der Waals surface area contributed by atoms with Gasteiger partial charge in [0, 0.05) is 57.2 Å². The molecular weight excluding hydrogens is 552 g/mol. The minimum atomic E-state index is -0.633. The van der Waals surface area contributed by atoms with E-state index in [0.717, 1.165) is 31.0 Å². The molecule has 216 valence electrons. The molecule has 2 heterocycles. The molecule has 1 saturated heterocycles. The molecule has 0 bridgehead atoms. The third-order valence-corrected chi connectivity index (χ3v) is 7.80. The van der Waals surface area contributed by atoms with Crippen molar-refractivity contribution in [2.75, 3.05) is 44.6 Å². The van der Waals surface area contributed by atoms with Crippen molar-refractivity contribution in [3.8, 4) is 24.2 Å². The molecule has 42 heavy (non-hydrogen) atoms. The van der Waals surface area contributed by atoms with Crippen molar-refractivity contribution in [2.45, 2.75) is 20.0 Å². The van der Waals surface area contributed by atoms with Gasteiger partial charge in [-0.05, 0) is 24.6 Å². The summed E-state index contributed by atoms with van der Waals surface area (Å²) in [7, 11) is 0. The zero-order valence-corrected chi connectivity index (χ0v) is 24.2. The van der Waals surface area contributed by atoms with Crippen LogP contribution in [0.4, 0.5) is 5.69 Å². The maximum atomic E-state index is 13.0. The highest BCUT2D eigenvalue weighted by atomic mass is 32.1. The van der Waals surface area contributed by atoms with Crippen LogP contribution in [0.15, 0.2) is 59.4 Å². The number of terminal acetylenes is 1. The van der Waals surface area contributed by atoms with E-state index < -0.39 is 5.91 Å². The molecule has 1 fully saturated rings. The Bertz CT molecular complexity index is 1670. The Morgan fingerprint density at radius 2 is 1.88 bits per heavy atom. The monoisotopic (exact) mass is 584 g/mol. The summed E-state index contributed by atoms with van der Waals surface area (Å²) in [5.74, 6) is 2.10. The van der Waals surface area contributed by atoms with E-state index in [1.54, 1.807) is 31.2 Å². The lowest BCUT2D eigenvalue weighted by molar-refractivity contribution is -0.135. The molecule has 3 aromatic rings. The Labute approximate surface area is 248 Å². The number of thiazole rings is 1. The Morgan fingerprint density at radius 1 is 1.12 bits per heavy atom. The number of amides is 2. The van der Waals surface area contributed by atoms with Gasteiger partial charge in [0.1, 0.15) is 21.0 Å². The summed E-state index contributed by atoms with van der Waals surface area (Å²) < 4.78 is 7.73. The van der Waals surface area contributed by atoms with Crippen LogP contribution in [0.1, 0.15) is 12.5 Å². The van der Waals surface area contributed by atoms with Crippen LogP contribution in [0, 0.1) is 23.7 Å². The van der Waals surface area contributed by atoms with Gasteiger partial charge in [-0.3, -0.25) is 23.9 Å². The fraction of sp³-hybridized carbons (Fsp3) is 0.290. The van der Waals surface area contributed by atoms with Gasteiger partial charge in [0.15, 0.2) is 12.2 Å². The summed E-state index contributed by atoms with van der Waals surface area (Å²) in [6.45, 7) is 5.74. The first-order chi connectivity index (χ1) is 20.4. The Morgan fingerprint density at radius 3 is 2.57 bits per heavy atom. The SMILES string of the molecule is C#CCNC(=O)/C(C#N)=c1\s/c(=C/Nc2cccc(OCC(=O)N3CCN(Cc4ccccc4)CC3)c2)c(=O)n1CC. The van der Waals surface area contributed by atoms with Crippen LogP contribution in [-0.2, 0) is 22.7 Å². The maximum absolute atomic E-state index is 13.0. The minimum Gasteiger partial charge on any atom is -0.484 e. The van der Waals surface area contributed by atoms with Crippen molar-refractivity contribution in [2.24, 2.45) is 0 Å². The van der Waals surface area contributed by atoms with E-state index in [0.29, 0.717) is 29.1 Å². The normalized spacial score (nSPS) is 14.5. The van der Waals surface area contributed by atoms with Crippen molar-refractivity contribution in [3.63, 3.8) is 0 Å². The molecule has 0 atom stereocenters. The quantitative estimate of drug-likeness (QED) is 0.340. The summed E-state index contributed by atoms with van der Waals surface area (Å²) >= 11 is 1.03. The molecule has 2 aromatic carbocycles. The smallest absolute Gasteiger partial charge is 0.270 e. The highest BCUT2D eigenvalue weighted by Gasteiger charge is 2.21. The van der Waals surface area contributed by atoms with Crippen molar-refractivity contribution < 1.29 is 14.3 Å². The van der Waals surface area contributed by atoms with Crippen molar-refractivity contribution >= 4 is 40.6 Å². The number of aromatic nitrogens is 1. The molecule has 2 N–H and O–H groups in total. The molecule has 0 spiro atoms. The van der Waals surface area contributed by atoms with Crippen LogP contribution in [0.2, 0.25) is 0 Å². The van der Waals surface area contributed by atoms with Gasteiger partial charge in [-0.25, -0.2) is 0 Å². The minimum absolute atomic E-state index is 0.0261. The van der Waals surface area contributed by atoms with Crippen LogP contribution in [0.5, 0.6) is 5.75 Å². The van der Waals surface area contributed by atoms with Crippen LogP contribution >= 0.6 is 11.3 Å². The number of nitrogens with one attached hydrogen (secondary N) is 2. The number of piperazine rings is 1. The Kier molecular flexibility index (Phi) is 10.5. The predicted octanol–water partition coefficient (Wildman–Crippen LogP) is 0.927. The van der Waals surface area contributed by atoms with Crippen LogP contribution < -0.4 is 30.1 Å². The fourth-order valence-corrected chi connectivity index (χ4v) is 5.55. The summed E-state index contributed by atoms with van der Waals surface area (Å²) in [6, 6.07) is 19.2. The Hall–Kier alpha value is -4.84. The zero-order chi connectivity index (χ0) is 29.9. The number of ether oxygens (including phenoxy) is 1.